The Morgan fingerprint density at radius 1 is 1.08 bits per heavy atom. The summed E-state index contributed by atoms with van der Waals surface area (Å²) in [7, 11) is 0. The van der Waals surface area contributed by atoms with Crippen LogP contribution in [0.25, 0.3) is 6.08 Å². The number of hydrogen-bond donors (Lipinski definition) is 1. The molecule has 0 bridgehead atoms. The quantitative estimate of drug-likeness (QED) is 0.865. The molecular weight excluding hydrogens is 344 g/mol. The molecule has 1 saturated heterocycles. The first kappa shape index (κ1) is 18.9. The van der Waals surface area contributed by atoms with Crippen molar-refractivity contribution >= 4 is 24.4 Å². The van der Waals surface area contributed by atoms with Crippen LogP contribution in [-0.4, -0.2) is 35.1 Å². The summed E-state index contributed by atoms with van der Waals surface area (Å²) in [5, 5.41) is 3.87. The Kier molecular flexibility index (Phi) is 6.28. The van der Waals surface area contributed by atoms with E-state index in [0.29, 0.717) is 18.0 Å². The Balaban J connectivity index is 0.00000196. The lowest BCUT2D eigenvalue weighted by Crippen LogP contribution is -2.44. The lowest BCUT2D eigenvalue weighted by atomic mass is 10.0. The van der Waals surface area contributed by atoms with E-state index < -0.39 is 0 Å². The van der Waals surface area contributed by atoms with E-state index in [0.717, 1.165) is 19.0 Å². The SMILES string of the molecule is C/C(=C\c1ccccc1)[C@@H]1C[C@H]1NC1CCN(c2ncccn2)CC1.Cl. The fourth-order valence-corrected chi connectivity index (χ4v) is 3.81. The average molecular weight is 371 g/mol. The minimum atomic E-state index is 0. The molecule has 1 aliphatic heterocycles. The van der Waals surface area contributed by atoms with Crippen LogP contribution in [0.15, 0.2) is 54.4 Å². The standard InChI is InChI=1S/C21H26N4.ClH/c1-16(14-17-6-3-2-4-7-17)19-15-20(19)24-18-8-12-25(13-9-18)21-22-10-5-11-23-21;/h2-7,10-11,14,18-20,24H,8-9,12-13,15H2,1H3;1H/b16-14+;/t19-,20+;/m0./s1. The number of rotatable bonds is 5. The van der Waals surface area contributed by atoms with E-state index in [1.54, 1.807) is 0 Å². The predicted molar refractivity (Wildman–Crippen MR) is 110 cm³/mol. The summed E-state index contributed by atoms with van der Waals surface area (Å²) in [6.45, 7) is 4.35. The van der Waals surface area contributed by atoms with Gasteiger partial charge in [-0.15, -0.1) is 12.4 Å². The third kappa shape index (κ3) is 4.63. The summed E-state index contributed by atoms with van der Waals surface area (Å²) in [5.41, 5.74) is 2.81. The molecule has 2 atom stereocenters. The molecule has 0 amide bonds. The van der Waals surface area contributed by atoms with Crippen LogP contribution in [0.3, 0.4) is 0 Å². The van der Waals surface area contributed by atoms with Crippen molar-refractivity contribution in [3.8, 4) is 0 Å². The van der Waals surface area contributed by atoms with Crippen LogP contribution in [0.4, 0.5) is 5.95 Å². The van der Waals surface area contributed by atoms with Gasteiger partial charge in [0.1, 0.15) is 0 Å². The van der Waals surface area contributed by atoms with E-state index in [1.807, 2.05) is 18.5 Å². The van der Waals surface area contributed by atoms with Crippen LogP contribution in [0.5, 0.6) is 0 Å². The van der Waals surface area contributed by atoms with Gasteiger partial charge in [-0.1, -0.05) is 42.0 Å². The third-order valence-corrected chi connectivity index (χ3v) is 5.35. The van der Waals surface area contributed by atoms with E-state index >= 15 is 0 Å². The van der Waals surface area contributed by atoms with Crippen molar-refractivity contribution in [2.24, 2.45) is 5.92 Å². The second-order valence-electron chi connectivity index (χ2n) is 7.22. The highest BCUT2D eigenvalue weighted by atomic mass is 35.5. The summed E-state index contributed by atoms with van der Waals surface area (Å²) in [4.78, 5) is 11.0. The largest absolute Gasteiger partial charge is 0.341 e. The number of nitrogens with one attached hydrogen (secondary N) is 1. The maximum Gasteiger partial charge on any atom is 0.225 e. The number of halogens is 1. The molecule has 1 N–H and O–H groups in total. The fourth-order valence-electron chi connectivity index (χ4n) is 3.81. The number of piperidine rings is 1. The molecule has 0 radical (unpaired) electrons. The maximum atomic E-state index is 4.36. The lowest BCUT2D eigenvalue weighted by molar-refractivity contribution is 0.405. The van der Waals surface area contributed by atoms with Crippen LogP contribution in [0.2, 0.25) is 0 Å². The van der Waals surface area contributed by atoms with Crippen molar-refractivity contribution in [3.63, 3.8) is 0 Å². The van der Waals surface area contributed by atoms with Gasteiger partial charge in [-0.25, -0.2) is 9.97 Å². The van der Waals surface area contributed by atoms with Gasteiger partial charge in [0.2, 0.25) is 5.95 Å². The molecule has 1 aromatic carbocycles. The van der Waals surface area contributed by atoms with Crippen molar-refractivity contribution < 1.29 is 0 Å². The molecule has 138 valence electrons. The zero-order valence-corrected chi connectivity index (χ0v) is 16.0. The molecule has 0 unspecified atom stereocenters. The number of hydrogen-bond acceptors (Lipinski definition) is 4. The number of benzene rings is 1. The zero-order valence-electron chi connectivity index (χ0n) is 15.2. The van der Waals surface area contributed by atoms with Crippen LogP contribution in [0.1, 0.15) is 31.7 Å². The fraction of sp³-hybridized carbons (Fsp3) is 0.429. The average Bonchev–Trinajstić information content (AvgIpc) is 3.43. The van der Waals surface area contributed by atoms with Crippen molar-refractivity contribution in [3.05, 3.63) is 59.9 Å². The molecule has 4 nitrogen and oxygen atoms in total. The molecule has 4 rings (SSSR count). The Morgan fingerprint density at radius 2 is 1.77 bits per heavy atom. The summed E-state index contributed by atoms with van der Waals surface area (Å²) >= 11 is 0. The molecule has 26 heavy (non-hydrogen) atoms. The first-order valence-corrected chi connectivity index (χ1v) is 9.31. The van der Waals surface area contributed by atoms with Crippen LogP contribution < -0.4 is 10.2 Å². The maximum absolute atomic E-state index is 4.36. The van der Waals surface area contributed by atoms with Crippen LogP contribution >= 0.6 is 12.4 Å². The molecule has 1 saturated carbocycles. The van der Waals surface area contributed by atoms with Gasteiger partial charge in [0.05, 0.1) is 0 Å². The third-order valence-electron chi connectivity index (χ3n) is 5.35. The van der Waals surface area contributed by atoms with Crippen molar-refractivity contribution in [2.75, 3.05) is 18.0 Å². The molecule has 0 spiro atoms. The second kappa shape index (κ2) is 8.65. The van der Waals surface area contributed by atoms with E-state index in [2.05, 4.69) is 63.5 Å². The molecule has 1 aromatic heterocycles. The van der Waals surface area contributed by atoms with E-state index in [-0.39, 0.29) is 12.4 Å². The minimum Gasteiger partial charge on any atom is -0.341 e. The van der Waals surface area contributed by atoms with Crippen molar-refractivity contribution in [2.45, 2.75) is 38.3 Å². The van der Waals surface area contributed by atoms with E-state index in [4.69, 9.17) is 0 Å². The van der Waals surface area contributed by atoms with Gasteiger partial charge >= 0.3 is 0 Å². The number of aromatic nitrogens is 2. The van der Waals surface area contributed by atoms with E-state index in [9.17, 15) is 0 Å². The summed E-state index contributed by atoms with van der Waals surface area (Å²) in [6.07, 6.45) is 9.59. The molecule has 2 heterocycles. The molecule has 2 aliphatic rings. The van der Waals surface area contributed by atoms with Crippen molar-refractivity contribution in [1.82, 2.24) is 15.3 Å². The highest BCUT2D eigenvalue weighted by Gasteiger charge is 2.39. The summed E-state index contributed by atoms with van der Waals surface area (Å²) in [5.74, 6) is 1.57. The van der Waals surface area contributed by atoms with Gasteiger partial charge < -0.3 is 10.2 Å². The Hall–Kier alpha value is -1.91. The highest BCUT2D eigenvalue weighted by Crippen LogP contribution is 2.38. The highest BCUT2D eigenvalue weighted by molar-refractivity contribution is 5.85. The van der Waals surface area contributed by atoms with Gasteiger partial charge in [0.15, 0.2) is 0 Å². The lowest BCUT2D eigenvalue weighted by Gasteiger charge is -2.32. The summed E-state index contributed by atoms with van der Waals surface area (Å²) < 4.78 is 0. The predicted octanol–water partition coefficient (Wildman–Crippen LogP) is 3.95. The Morgan fingerprint density at radius 3 is 2.46 bits per heavy atom. The molecule has 5 heteroatoms. The summed E-state index contributed by atoms with van der Waals surface area (Å²) in [6, 6.07) is 13.8. The van der Waals surface area contributed by atoms with Gasteiger partial charge in [-0.05, 0) is 43.7 Å². The van der Waals surface area contributed by atoms with Crippen molar-refractivity contribution in [1.29, 1.82) is 0 Å². The Bertz CT molecular complexity index is 711. The van der Waals surface area contributed by atoms with Gasteiger partial charge in [0, 0.05) is 37.6 Å². The van der Waals surface area contributed by atoms with Gasteiger partial charge in [0.25, 0.3) is 0 Å². The molecular formula is C21H27ClN4. The Labute approximate surface area is 162 Å². The molecule has 1 aliphatic carbocycles. The monoisotopic (exact) mass is 370 g/mol. The first-order chi connectivity index (χ1) is 12.3. The zero-order chi connectivity index (χ0) is 17.1. The topological polar surface area (TPSA) is 41.0 Å². The van der Waals surface area contributed by atoms with Gasteiger partial charge in [-0.3, -0.25) is 0 Å². The van der Waals surface area contributed by atoms with Crippen LogP contribution in [0, 0.1) is 5.92 Å². The minimum absolute atomic E-state index is 0. The smallest absolute Gasteiger partial charge is 0.225 e. The van der Waals surface area contributed by atoms with Gasteiger partial charge in [-0.2, -0.15) is 0 Å². The molecule has 2 aromatic rings. The van der Waals surface area contributed by atoms with E-state index in [1.165, 1.54) is 30.4 Å². The van der Waals surface area contributed by atoms with Crippen LogP contribution in [-0.2, 0) is 0 Å². The number of nitrogens with zero attached hydrogens (tertiary/aromatic N) is 3. The molecule has 2 fully saturated rings. The second-order valence-corrected chi connectivity index (χ2v) is 7.22. The normalized spacial score (nSPS) is 23.4. The number of anilines is 1. The first-order valence-electron chi connectivity index (χ1n) is 9.31.